The largest absolute Gasteiger partial charge is 0.534 e. The lowest BCUT2D eigenvalue weighted by molar-refractivity contribution is -0.0500. The first-order chi connectivity index (χ1) is 32.5. The summed E-state index contributed by atoms with van der Waals surface area (Å²) in [6.07, 6.45) is 5.34. The molecule has 5 heterocycles. The Morgan fingerprint density at radius 3 is 1.47 bits per heavy atom. The number of phenolic OH excluding ortho intramolecular Hbond substituents is 2. The van der Waals surface area contributed by atoms with E-state index in [1.165, 1.54) is 45.5 Å². The Morgan fingerprint density at radius 1 is 0.575 bits per heavy atom. The van der Waals surface area contributed by atoms with Gasteiger partial charge in [-0.2, -0.15) is 26.9 Å². The topological polar surface area (TPSA) is 150 Å². The van der Waals surface area contributed by atoms with E-state index < -0.39 is 15.6 Å². The van der Waals surface area contributed by atoms with Gasteiger partial charge in [0.15, 0.2) is 0 Å². The summed E-state index contributed by atoms with van der Waals surface area (Å²) in [6, 6.07) is 30.2. The van der Waals surface area contributed by atoms with Gasteiger partial charge in [0.2, 0.25) is 0 Å². The second-order valence-electron chi connectivity index (χ2n) is 17.7. The quantitative estimate of drug-likeness (QED) is 0.0897. The van der Waals surface area contributed by atoms with E-state index in [-0.39, 0.29) is 42.9 Å². The molecule has 0 spiro atoms. The summed E-state index contributed by atoms with van der Waals surface area (Å²) in [5, 5.41) is 31.1. The normalized spacial score (nSPS) is 15.6. The molecule has 0 saturated heterocycles. The molecule has 12 nitrogen and oxygen atoms in total. The molecule has 0 aliphatic carbocycles. The fraction of sp³-hybridized carbons (Fsp3) is 0.439. The SMILES string of the molecule is C.C.C.C.C.CN1CCc2c(C#N)cccc2C1.CN1CCc2c(C=O)cccc2C1.CN1CCc2c(O)cccc2C1.CN1CCc2c(cccc2OS(=O)(=O)C(F)(F)F)C1.Oc1cccc2c1CCNC2. The van der Waals surface area contributed by atoms with Gasteiger partial charge in [-0.05, 0) is 141 Å². The summed E-state index contributed by atoms with van der Waals surface area (Å²) in [5.41, 5.74) is 7.47. The minimum absolute atomic E-state index is 0. The molecule has 0 radical (unpaired) electrons. The molecule has 5 aliphatic heterocycles. The molecule has 5 aromatic rings. The zero-order valence-corrected chi connectivity index (χ0v) is 40.0. The highest BCUT2D eigenvalue weighted by atomic mass is 32.2. The van der Waals surface area contributed by atoms with Crippen LogP contribution in [0.25, 0.3) is 0 Å². The number of aromatic hydroxyl groups is 2. The van der Waals surface area contributed by atoms with E-state index in [1.54, 1.807) is 18.2 Å². The number of hydrogen-bond donors (Lipinski definition) is 3. The van der Waals surface area contributed by atoms with Crippen molar-refractivity contribution in [2.45, 2.75) is 107 Å². The highest BCUT2D eigenvalue weighted by Crippen LogP contribution is 2.33. The maximum absolute atomic E-state index is 12.3. The second kappa shape index (κ2) is 29.8. The number of likely N-dealkylation sites (N-methyl/N-ethyl adjacent to an activating group) is 4. The smallest absolute Gasteiger partial charge is 0.508 e. The van der Waals surface area contributed by atoms with Gasteiger partial charge in [-0.25, -0.2) is 0 Å². The predicted octanol–water partition coefficient (Wildman–Crippen LogP) is 10.5. The molecule has 73 heavy (non-hydrogen) atoms. The number of hydrogen-bond acceptors (Lipinski definition) is 12. The Morgan fingerprint density at radius 2 is 0.973 bits per heavy atom. The van der Waals surface area contributed by atoms with Crippen LogP contribution in [0.15, 0.2) is 91.0 Å². The fourth-order valence-electron chi connectivity index (χ4n) is 8.95. The van der Waals surface area contributed by atoms with Crippen LogP contribution in [0.3, 0.4) is 0 Å². The van der Waals surface area contributed by atoms with E-state index in [2.05, 4.69) is 75.7 Å². The number of carbonyl (C=O) groups is 1. The molecule has 0 saturated carbocycles. The van der Waals surface area contributed by atoms with E-state index in [1.807, 2.05) is 48.3 Å². The third-order valence-electron chi connectivity index (χ3n) is 12.6. The van der Waals surface area contributed by atoms with Crippen molar-refractivity contribution in [3.63, 3.8) is 0 Å². The van der Waals surface area contributed by atoms with Crippen LogP contribution in [-0.4, -0.2) is 111 Å². The van der Waals surface area contributed by atoms with Crippen molar-refractivity contribution in [3.8, 4) is 23.3 Å². The van der Waals surface area contributed by atoms with Crippen LogP contribution in [0.4, 0.5) is 13.2 Å². The van der Waals surface area contributed by atoms with Crippen LogP contribution in [0.2, 0.25) is 0 Å². The molecule has 0 fully saturated rings. The third kappa shape index (κ3) is 17.4. The van der Waals surface area contributed by atoms with Gasteiger partial charge in [-0.15, -0.1) is 0 Å². The molecule has 10 rings (SSSR count). The van der Waals surface area contributed by atoms with Crippen LogP contribution in [0.5, 0.6) is 17.2 Å². The molecule has 0 atom stereocenters. The van der Waals surface area contributed by atoms with Gasteiger partial charge < -0.3 is 39.3 Å². The molecule has 402 valence electrons. The maximum atomic E-state index is 12.3. The summed E-state index contributed by atoms with van der Waals surface area (Å²) in [4.78, 5) is 19.6. The highest BCUT2D eigenvalue weighted by Gasteiger charge is 2.49. The number of phenols is 2. The predicted molar refractivity (Wildman–Crippen MR) is 290 cm³/mol. The van der Waals surface area contributed by atoms with Crippen molar-refractivity contribution < 1.29 is 40.8 Å². The molecular formula is C57H81F3N6O6S. The number of halogens is 3. The van der Waals surface area contributed by atoms with E-state index in [0.717, 1.165) is 112 Å². The lowest BCUT2D eigenvalue weighted by Gasteiger charge is -2.26. The first-order valence-corrected chi connectivity index (χ1v) is 24.1. The maximum Gasteiger partial charge on any atom is 0.534 e. The van der Waals surface area contributed by atoms with Gasteiger partial charge in [-0.1, -0.05) is 104 Å². The average molecular weight is 1040 g/mol. The summed E-state index contributed by atoms with van der Waals surface area (Å²) >= 11 is 0. The molecule has 5 aliphatic rings. The van der Waals surface area contributed by atoms with Crippen LogP contribution < -0.4 is 9.50 Å². The van der Waals surface area contributed by atoms with Crippen molar-refractivity contribution in [1.29, 1.82) is 5.26 Å². The van der Waals surface area contributed by atoms with Gasteiger partial charge in [0.25, 0.3) is 0 Å². The molecule has 16 heteroatoms. The summed E-state index contributed by atoms with van der Waals surface area (Å²) < 4.78 is 63.1. The molecule has 0 unspecified atom stereocenters. The number of rotatable bonds is 3. The number of fused-ring (bicyclic) bond motifs is 5. The Bertz CT molecular complexity index is 2690. The van der Waals surface area contributed by atoms with Gasteiger partial charge in [-0.3, -0.25) is 4.79 Å². The van der Waals surface area contributed by atoms with E-state index >= 15 is 0 Å². The van der Waals surface area contributed by atoms with Gasteiger partial charge >= 0.3 is 15.6 Å². The first kappa shape index (κ1) is 65.2. The number of nitrogens with zero attached hydrogens (tertiary/aromatic N) is 5. The summed E-state index contributed by atoms with van der Waals surface area (Å²) in [6.45, 7) is 9.13. The van der Waals surface area contributed by atoms with E-state index in [9.17, 15) is 36.6 Å². The number of nitriles is 1. The molecular weight excluding hydrogens is 954 g/mol. The minimum Gasteiger partial charge on any atom is -0.508 e. The lowest BCUT2D eigenvalue weighted by atomic mass is 9.95. The Balaban J connectivity index is 0.000000454. The Labute approximate surface area is 435 Å². The monoisotopic (exact) mass is 1030 g/mol. The van der Waals surface area contributed by atoms with E-state index in [4.69, 9.17) is 5.26 Å². The number of nitrogens with one attached hydrogen (secondary N) is 1. The van der Waals surface area contributed by atoms with Gasteiger partial charge in [0.05, 0.1) is 11.6 Å². The van der Waals surface area contributed by atoms with Crippen LogP contribution >= 0.6 is 0 Å². The van der Waals surface area contributed by atoms with Gasteiger partial charge in [0, 0.05) is 70.0 Å². The number of aldehydes is 1. The fourth-order valence-corrected chi connectivity index (χ4v) is 9.43. The Kier molecular flexibility index (Phi) is 26.6. The van der Waals surface area contributed by atoms with Crippen molar-refractivity contribution in [1.82, 2.24) is 24.9 Å². The highest BCUT2D eigenvalue weighted by molar-refractivity contribution is 7.88. The minimum atomic E-state index is -5.61. The standard InChI is InChI=1S/C11H12F3NO3S.C11H12N2.C11H13NO.C10H13NO.C9H11NO.5CH4/c1-15-6-5-9-8(7-15)3-2-4-10(9)18-19(16,17)11(12,13)14;1-13-6-5-11-9(7-12)3-2-4-10(11)8-13;1-12-6-5-11-9(7-12)3-2-4-10(11)8-13;1-11-6-5-9-8(7-11)3-2-4-10(9)12;11-9-3-1-2-7-6-10-5-4-8(7)9;;;;;/h2-4H,5-7H2,1H3;2-4H,5-6,8H2,1H3;2-4,8H,5-7H2,1H3;2-4,12H,5-7H2,1H3;1-3,10-11H,4-6H2;5*1H4. The lowest BCUT2D eigenvalue weighted by Crippen LogP contribution is -2.30. The molecule has 0 aromatic heterocycles. The molecule has 5 aromatic carbocycles. The van der Waals surface area contributed by atoms with Crippen molar-refractivity contribution in [3.05, 3.63) is 158 Å². The van der Waals surface area contributed by atoms with Crippen LogP contribution in [0.1, 0.15) is 109 Å². The number of benzene rings is 5. The summed E-state index contributed by atoms with van der Waals surface area (Å²) in [5.74, 6) is 0.674. The zero-order chi connectivity index (χ0) is 49.0. The zero-order valence-electron chi connectivity index (χ0n) is 39.1. The average Bonchev–Trinajstić information content (AvgIpc) is 3.31. The molecule has 0 bridgehead atoms. The second-order valence-corrected chi connectivity index (χ2v) is 19.3. The van der Waals surface area contributed by atoms with Crippen molar-refractivity contribution in [2.75, 3.05) is 60.9 Å². The van der Waals surface area contributed by atoms with Crippen molar-refractivity contribution >= 4 is 16.4 Å². The third-order valence-corrected chi connectivity index (χ3v) is 13.6. The van der Waals surface area contributed by atoms with Gasteiger partial charge in [0.1, 0.15) is 23.5 Å². The number of carbonyl (C=O) groups excluding carboxylic acids is 1. The Hall–Kier alpha value is -5.80. The number of alkyl halides is 3. The molecule has 0 amide bonds. The van der Waals surface area contributed by atoms with Crippen molar-refractivity contribution in [2.24, 2.45) is 0 Å². The molecule has 3 N–H and O–H groups in total. The van der Waals surface area contributed by atoms with E-state index in [0.29, 0.717) is 36.6 Å². The van der Waals surface area contributed by atoms with Crippen LogP contribution in [0, 0.1) is 11.3 Å². The first-order valence-electron chi connectivity index (χ1n) is 22.7. The van der Waals surface area contributed by atoms with Crippen LogP contribution in [-0.2, 0) is 74.9 Å². The summed E-state index contributed by atoms with van der Waals surface area (Å²) in [7, 11) is 2.59.